The molecule has 0 amide bonds. The van der Waals surface area contributed by atoms with E-state index in [0.29, 0.717) is 12.3 Å². The van der Waals surface area contributed by atoms with Crippen LogP contribution in [0.3, 0.4) is 0 Å². The van der Waals surface area contributed by atoms with Crippen LogP contribution in [0.1, 0.15) is 29.2 Å². The molecular formula is C30H29N5O3. The number of hydrogen-bond acceptors (Lipinski definition) is 6. The first-order valence-corrected chi connectivity index (χ1v) is 12.8. The number of fused-ring (bicyclic) bond motifs is 1. The van der Waals surface area contributed by atoms with Crippen LogP contribution in [0, 0.1) is 11.8 Å². The predicted octanol–water partition coefficient (Wildman–Crippen LogP) is 3.88. The second-order valence-corrected chi connectivity index (χ2v) is 9.78. The Balaban J connectivity index is 1.42. The van der Waals surface area contributed by atoms with Gasteiger partial charge in [-0.2, -0.15) is 4.98 Å². The molecule has 8 nitrogen and oxygen atoms in total. The van der Waals surface area contributed by atoms with Gasteiger partial charge in [-0.25, -0.2) is 4.98 Å². The molecule has 0 radical (unpaired) electrons. The number of nitrogens with zero attached hydrogens (tertiary/aromatic N) is 3. The highest BCUT2D eigenvalue weighted by molar-refractivity contribution is 5.70. The molecule has 1 fully saturated rings. The van der Waals surface area contributed by atoms with Crippen LogP contribution in [0.2, 0.25) is 0 Å². The molecular weight excluding hydrogens is 478 g/mol. The number of hydrogen-bond donors (Lipinski definition) is 3. The Bertz CT molecular complexity index is 1490. The molecule has 0 spiro atoms. The Labute approximate surface area is 219 Å². The highest BCUT2D eigenvalue weighted by Gasteiger charge is 2.46. The number of benzene rings is 3. The van der Waals surface area contributed by atoms with E-state index in [-0.39, 0.29) is 41.5 Å². The Morgan fingerprint density at radius 2 is 1.50 bits per heavy atom. The molecule has 192 valence electrons. The molecule has 2 heterocycles. The lowest BCUT2D eigenvalue weighted by Gasteiger charge is -2.46. The van der Waals surface area contributed by atoms with Crippen molar-refractivity contribution in [3.05, 3.63) is 124 Å². The standard InChI is InChI=1S/C30H29N5O3/c31-29-33-27-26(28(37)34-29)32-19-35(27)25-16-20(17-36)24(25)18-38-30(21-10-4-1-5-11-21,22-12-6-2-7-13-22)23-14-8-3-9-15-23/h1-15,19-20,24-25,36H,16-18H2,(H3,31,33,34,37)/t20-,24-,25?/m1/s1. The fourth-order valence-corrected chi connectivity index (χ4v) is 5.73. The first kappa shape index (κ1) is 24.1. The maximum Gasteiger partial charge on any atom is 0.280 e. The number of nitrogens with one attached hydrogen (secondary N) is 1. The average Bonchev–Trinajstić information content (AvgIpc) is 3.36. The molecule has 1 aliphatic rings. The number of nitrogen functional groups attached to an aromatic ring is 1. The lowest BCUT2D eigenvalue weighted by molar-refractivity contribution is -0.0762. The van der Waals surface area contributed by atoms with Gasteiger partial charge in [-0.3, -0.25) is 9.78 Å². The Morgan fingerprint density at radius 1 is 0.947 bits per heavy atom. The van der Waals surface area contributed by atoms with Crippen molar-refractivity contribution >= 4 is 17.1 Å². The van der Waals surface area contributed by atoms with Crippen molar-refractivity contribution in [2.45, 2.75) is 18.1 Å². The first-order valence-electron chi connectivity index (χ1n) is 12.8. The number of rotatable bonds is 8. The third-order valence-corrected chi connectivity index (χ3v) is 7.72. The number of aliphatic hydroxyl groups excluding tert-OH is 1. The van der Waals surface area contributed by atoms with E-state index in [0.717, 1.165) is 23.1 Å². The summed E-state index contributed by atoms with van der Waals surface area (Å²) in [5.41, 5.74) is 8.35. The lowest BCUT2D eigenvalue weighted by atomic mass is 9.69. The van der Waals surface area contributed by atoms with Crippen molar-refractivity contribution in [3.63, 3.8) is 0 Å². The molecule has 6 rings (SSSR count). The van der Waals surface area contributed by atoms with Gasteiger partial charge in [0.1, 0.15) is 5.60 Å². The van der Waals surface area contributed by atoms with Crippen LogP contribution in [-0.4, -0.2) is 37.8 Å². The van der Waals surface area contributed by atoms with Crippen LogP contribution in [0.5, 0.6) is 0 Å². The summed E-state index contributed by atoms with van der Waals surface area (Å²) in [5, 5.41) is 10.2. The summed E-state index contributed by atoms with van der Waals surface area (Å²) < 4.78 is 8.95. The smallest absolute Gasteiger partial charge is 0.280 e. The average molecular weight is 508 g/mol. The molecule has 3 aromatic carbocycles. The van der Waals surface area contributed by atoms with Gasteiger partial charge in [-0.15, -0.1) is 0 Å². The van der Waals surface area contributed by atoms with Crippen LogP contribution in [0.25, 0.3) is 11.2 Å². The van der Waals surface area contributed by atoms with Gasteiger partial charge in [0, 0.05) is 18.6 Å². The van der Waals surface area contributed by atoms with Gasteiger partial charge in [0.05, 0.1) is 12.9 Å². The topological polar surface area (TPSA) is 119 Å². The van der Waals surface area contributed by atoms with Gasteiger partial charge in [-0.1, -0.05) is 91.0 Å². The molecule has 1 aliphatic carbocycles. The van der Waals surface area contributed by atoms with E-state index >= 15 is 0 Å². The zero-order valence-corrected chi connectivity index (χ0v) is 20.8. The van der Waals surface area contributed by atoms with E-state index in [2.05, 4.69) is 51.4 Å². The maximum absolute atomic E-state index is 12.4. The number of anilines is 1. The number of ether oxygens (including phenoxy) is 1. The first-order chi connectivity index (χ1) is 18.6. The molecule has 5 aromatic rings. The van der Waals surface area contributed by atoms with Crippen LogP contribution in [0.15, 0.2) is 102 Å². The normalized spacial score (nSPS) is 19.3. The summed E-state index contributed by atoms with van der Waals surface area (Å²) in [4.78, 5) is 23.5. The number of nitrogens with two attached hydrogens (primary N) is 1. The zero-order valence-electron chi connectivity index (χ0n) is 20.8. The van der Waals surface area contributed by atoms with Crippen molar-refractivity contribution < 1.29 is 9.84 Å². The van der Waals surface area contributed by atoms with Crippen molar-refractivity contribution in [2.24, 2.45) is 11.8 Å². The number of aromatic amines is 1. The van der Waals surface area contributed by atoms with Gasteiger partial charge in [0.25, 0.3) is 5.56 Å². The third-order valence-electron chi connectivity index (χ3n) is 7.72. The highest BCUT2D eigenvalue weighted by atomic mass is 16.5. The molecule has 2 aromatic heterocycles. The summed E-state index contributed by atoms with van der Waals surface area (Å²) >= 11 is 0. The molecule has 0 aliphatic heterocycles. The second kappa shape index (κ2) is 9.89. The van der Waals surface area contributed by atoms with Crippen molar-refractivity contribution in [3.8, 4) is 0 Å². The monoisotopic (exact) mass is 507 g/mol. The maximum atomic E-state index is 12.4. The SMILES string of the molecule is Nc1nc2c(ncn2C2C[C@H](CO)[C@H]2COC(c2ccccc2)(c2ccccc2)c2ccccc2)c(=O)[nH]1. The Kier molecular flexibility index (Phi) is 6.27. The molecule has 3 atom stereocenters. The second-order valence-electron chi connectivity index (χ2n) is 9.78. The number of aliphatic hydroxyl groups is 1. The predicted molar refractivity (Wildman–Crippen MR) is 145 cm³/mol. The highest BCUT2D eigenvalue weighted by Crippen LogP contribution is 2.48. The molecule has 4 N–H and O–H groups in total. The zero-order chi connectivity index (χ0) is 26.1. The van der Waals surface area contributed by atoms with Gasteiger partial charge in [-0.05, 0) is 29.0 Å². The van der Waals surface area contributed by atoms with Crippen molar-refractivity contribution in [2.75, 3.05) is 18.9 Å². The molecule has 0 bridgehead atoms. The van der Waals surface area contributed by atoms with Crippen LogP contribution < -0.4 is 11.3 Å². The van der Waals surface area contributed by atoms with Gasteiger partial charge in [0.2, 0.25) is 5.95 Å². The van der Waals surface area contributed by atoms with Crippen LogP contribution in [0.4, 0.5) is 5.95 Å². The lowest BCUT2D eigenvalue weighted by Crippen LogP contribution is -2.45. The molecule has 1 unspecified atom stereocenters. The Morgan fingerprint density at radius 3 is 2.03 bits per heavy atom. The summed E-state index contributed by atoms with van der Waals surface area (Å²) in [7, 11) is 0. The summed E-state index contributed by atoms with van der Waals surface area (Å²) in [5.74, 6) is 0.0540. The van der Waals surface area contributed by atoms with Crippen molar-refractivity contribution in [1.82, 2.24) is 19.5 Å². The molecule has 38 heavy (non-hydrogen) atoms. The molecule has 0 saturated heterocycles. The number of imidazole rings is 1. The van der Waals surface area contributed by atoms with E-state index in [1.54, 1.807) is 6.33 Å². The quantitative estimate of drug-likeness (QED) is 0.274. The minimum absolute atomic E-state index is 0.0322. The number of H-pyrrole nitrogens is 1. The van der Waals surface area contributed by atoms with Gasteiger partial charge >= 0.3 is 0 Å². The van der Waals surface area contributed by atoms with E-state index in [9.17, 15) is 9.90 Å². The van der Waals surface area contributed by atoms with E-state index in [1.807, 2.05) is 59.2 Å². The van der Waals surface area contributed by atoms with E-state index < -0.39 is 5.60 Å². The minimum Gasteiger partial charge on any atom is -0.396 e. The number of aromatic nitrogens is 4. The fourth-order valence-electron chi connectivity index (χ4n) is 5.73. The van der Waals surface area contributed by atoms with E-state index in [1.165, 1.54) is 0 Å². The molecule has 8 heteroatoms. The summed E-state index contributed by atoms with van der Waals surface area (Å²) in [6, 6.07) is 30.6. The fraction of sp³-hybridized carbons (Fsp3) is 0.233. The van der Waals surface area contributed by atoms with E-state index in [4.69, 9.17) is 10.5 Å². The molecule has 1 saturated carbocycles. The van der Waals surface area contributed by atoms with Crippen molar-refractivity contribution in [1.29, 1.82) is 0 Å². The summed E-state index contributed by atoms with van der Waals surface area (Å²) in [6.45, 7) is 0.412. The largest absolute Gasteiger partial charge is 0.396 e. The minimum atomic E-state index is -0.860. The van der Waals surface area contributed by atoms with Gasteiger partial charge < -0.3 is 20.1 Å². The van der Waals surface area contributed by atoms with Crippen LogP contribution >= 0.6 is 0 Å². The summed E-state index contributed by atoms with van der Waals surface area (Å²) in [6.07, 6.45) is 2.36. The van der Waals surface area contributed by atoms with Gasteiger partial charge in [0.15, 0.2) is 11.2 Å². The Hall–Kier alpha value is -4.27. The third kappa shape index (κ3) is 3.98. The van der Waals surface area contributed by atoms with Crippen LogP contribution in [-0.2, 0) is 10.3 Å².